The minimum Gasteiger partial charge on any atom is -0.377 e. The molecule has 118 valence electrons. The van der Waals surface area contributed by atoms with E-state index in [0.717, 1.165) is 22.2 Å². The summed E-state index contributed by atoms with van der Waals surface area (Å²) in [5.41, 5.74) is 3.55. The van der Waals surface area contributed by atoms with Crippen LogP contribution in [0.15, 0.2) is 36.5 Å². The van der Waals surface area contributed by atoms with Crippen LogP contribution in [0.2, 0.25) is 0 Å². The second kappa shape index (κ2) is 5.55. The van der Waals surface area contributed by atoms with E-state index < -0.39 is 0 Å². The summed E-state index contributed by atoms with van der Waals surface area (Å²) in [5.74, 6) is -0.0106. The number of morpholine rings is 1. The van der Waals surface area contributed by atoms with Crippen molar-refractivity contribution in [2.24, 2.45) is 0 Å². The number of fused-ring (bicyclic) bond motifs is 1. The van der Waals surface area contributed by atoms with Gasteiger partial charge in [0.2, 0.25) is 0 Å². The monoisotopic (exact) mass is 310 g/mol. The van der Waals surface area contributed by atoms with Crippen LogP contribution in [-0.2, 0) is 4.74 Å². The van der Waals surface area contributed by atoms with Crippen LogP contribution < -0.4 is 0 Å². The molecule has 0 saturated carbocycles. The molecule has 1 unspecified atom stereocenters. The zero-order chi connectivity index (χ0) is 15.8. The maximum atomic E-state index is 13.0. The molecule has 23 heavy (non-hydrogen) atoms. The van der Waals surface area contributed by atoms with Crippen molar-refractivity contribution in [1.29, 1.82) is 0 Å². The maximum Gasteiger partial charge on any atom is 0.271 e. The van der Waals surface area contributed by atoms with Gasteiger partial charge in [0.25, 0.3) is 5.91 Å². The Morgan fingerprint density at radius 1 is 1.39 bits per heavy atom. The molecule has 0 radical (unpaired) electrons. The number of nitrogens with zero attached hydrogens (tertiary/aromatic N) is 2. The van der Waals surface area contributed by atoms with Gasteiger partial charge in [-0.3, -0.25) is 9.89 Å². The van der Waals surface area contributed by atoms with Crippen LogP contribution in [0.4, 0.5) is 0 Å². The molecule has 0 spiro atoms. The molecule has 1 aliphatic heterocycles. The molecule has 1 amide bonds. The van der Waals surface area contributed by atoms with Crippen LogP contribution in [0.25, 0.3) is 10.9 Å². The maximum absolute atomic E-state index is 13.0. The highest BCUT2D eigenvalue weighted by molar-refractivity contribution is 5.98. The van der Waals surface area contributed by atoms with Gasteiger partial charge in [-0.2, -0.15) is 5.10 Å². The third-order valence-electron chi connectivity index (χ3n) is 4.35. The molecule has 1 atom stereocenters. The molecule has 3 heterocycles. The van der Waals surface area contributed by atoms with Crippen molar-refractivity contribution in [2.45, 2.75) is 13.0 Å². The van der Waals surface area contributed by atoms with Crippen molar-refractivity contribution in [3.05, 3.63) is 53.5 Å². The van der Waals surface area contributed by atoms with Crippen LogP contribution in [0.1, 0.15) is 27.8 Å². The Bertz CT molecular complexity index is 818. The topological polar surface area (TPSA) is 74.0 Å². The zero-order valence-electron chi connectivity index (χ0n) is 12.9. The summed E-state index contributed by atoms with van der Waals surface area (Å²) in [6, 6.07) is 9.67. The number of hydrogen-bond acceptors (Lipinski definition) is 3. The zero-order valence-corrected chi connectivity index (χ0v) is 12.9. The van der Waals surface area contributed by atoms with Crippen molar-refractivity contribution < 1.29 is 9.53 Å². The molecular weight excluding hydrogens is 292 g/mol. The number of aromatic nitrogens is 3. The van der Waals surface area contributed by atoms with Crippen LogP contribution in [-0.4, -0.2) is 45.7 Å². The Labute approximate surface area is 133 Å². The minimum atomic E-state index is -0.134. The van der Waals surface area contributed by atoms with E-state index >= 15 is 0 Å². The first-order chi connectivity index (χ1) is 11.2. The lowest BCUT2D eigenvalue weighted by Crippen LogP contribution is -2.44. The predicted molar refractivity (Wildman–Crippen MR) is 86.2 cm³/mol. The lowest BCUT2D eigenvalue weighted by molar-refractivity contribution is -0.00433. The molecule has 1 fully saturated rings. The van der Waals surface area contributed by atoms with E-state index in [9.17, 15) is 4.79 Å². The predicted octanol–water partition coefficient (Wildman–Crippen LogP) is 2.41. The number of ether oxygens (including phenoxy) is 1. The Balaban J connectivity index is 1.68. The first-order valence-corrected chi connectivity index (χ1v) is 7.70. The second-order valence-corrected chi connectivity index (χ2v) is 5.83. The van der Waals surface area contributed by atoms with Gasteiger partial charge in [-0.1, -0.05) is 18.2 Å². The van der Waals surface area contributed by atoms with Gasteiger partial charge in [0.15, 0.2) is 0 Å². The Kier molecular flexibility index (Phi) is 3.38. The highest BCUT2D eigenvalue weighted by atomic mass is 16.5. The van der Waals surface area contributed by atoms with E-state index in [1.807, 2.05) is 42.2 Å². The molecule has 1 aliphatic rings. The van der Waals surface area contributed by atoms with E-state index in [0.29, 0.717) is 25.5 Å². The molecule has 4 rings (SSSR count). The third kappa shape index (κ3) is 2.41. The number of para-hydroxylation sites is 1. The van der Waals surface area contributed by atoms with Gasteiger partial charge in [0.1, 0.15) is 5.69 Å². The van der Waals surface area contributed by atoms with Crippen molar-refractivity contribution in [2.75, 3.05) is 19.8 Å². The van der Waals surface area contributed by atoms with Crippen LogP contribution in [0.5, 0.6) is 0 Å². The minimum absolute atomic E-state index is 0.0106. The Hall–Kier alpha value is -2.60. The van der Waals surface area contributed by atoms with Gasteiger partial charge in [-0.25, -0.2) is 0 Å². The van der Waals surface area contributed by atoms with E-state index in [2.05, 4.69) is 15.2 Å². The average Bonchev–Trinajstić information content (AvgIpc) is 3.20. The molecule has 2 aromatic heterocycles. The summed E-state index contributed by atoms with van der Waals surface area (Å²) < 4.78 is 5.58. The Morgan fingerprint density at radius 2 is 2.26 bits per heavy atom. The van der Waals surface area contributed by atoms with E-state index in [1.54, 1.807) is 6.20 Å². The fraction of sp³-hybridized carbons (Fsp3) is 0.294. The Morgan fingerprint density at radius 3 is 3.04 bits per heavy atom. The van der Waals surface area contributed by atoms with Gasteiger partial charge in [-0.05, 0) is 24.6 Å². The van der Waals surface area contributed by atoms with Crippen LogP contribution in [0.3, 0.4) is 0 Å². The summed E-state index contributed by atoms with van der Waals surface area (Å²) in [6.45, 7) is 3.58. The van der Waals surface area contributed by atoms with Crippen molar-refractivity contribution in [3.63, 3.8) is 0 Å². The SMILES string of the molecule is Cc1cn[nH]c1C1COCCN1C(=O)c1cc2ccccc2[nH]1. The van der Waals surface area contributed by atoms with Gasteiger partial charge in [-0.15, -0.1) is 0 Å². The number of H-pyrrole nitrogens is 2. The molecule has 1 saturated heterocycles. The van der Waals surface area contributed by atoms with Gasteiger partial charge in [0, 0.05) is 17.4 Å². The average molecular weight is 310 g/mol. The summed E-state index contributed by atoms with van der Waals surface area (Å²) in [5, 5.41) is 8.12. The number of rotatable bonds is 2. The molecule has 0 bridgehead atoms. The van der Waals surface area contributed by atoms with Gasteiger partial charge >= 0.3 is 0 Å². The highest BCUT2D eigenvalue weighted by Gasteiger charge is 2.32. The number of nitrogens with one attached hydrogen (secondary N) is 2. The number of aromatic amines is 2. The number of benzene rings is 1. The molecule has 6 heteroatoms. The molecular formula is C17H18N4O2. The molecule has 3 aromatic rings. The van der Waals surface area contributed by atoms with Crippen molar-refractivity contribution in [3.8, 4) is 0 Å². The normalized spacial score (nSPS) is 18.5. The number of carbonyl (C=O) groups excluding carboxylic acids is 1. The van der Waals surface area contributed by atoms with Crippen molar-refractivity contribution in [1.82, 2.24) is 20.1 Å². The molecule has 6 nitrogen and oxygen atoms in total. The largest absolute Gasteiger partial charge is 0.377 e. The summed E-state index contributed by atoms with van der Waals surface area (Å²) >= 11 is 0. The second-order valence-electron chi connectivity index (χ2n) is 5.83. The fourth-order valence-corrected chi connectivity index (χ4v) is 3.12. The highest BCUT2D eigenvalue weighted by Crippen LogP contribution is 2.27. The van der Waals surface area contributed by atoms with Gasteiger partial charge < -0.3 is 14.6 Å². The number of hydrogen-bond donors (Lipinski definition) is 2. The molecule has 1 aromatic carbocycles. The van der Waals surface area contributed by atoms with E-state index in [-0.39, 0.29) is 11.9 Å². The number of aryl methyl sites for hydroxylation is 1. The van der Waals surface area contributed by atoms with Gasteiger partial charge in [0.05, 0.1) is 31.1 Å². The lowest BCUT2D eigenvalue weighted by Gasteiger charge is -2.35. The first-order valence-electron chi connectivity index (χ1n) is 7.70. The molecule has 2 N–H and O–H groups in total. The summed E-state index contributed by atoms with van der Waals surface area (Å²) in [4.78, 5) is 18.1. The number of carbonyl (C=O) groups is 1. The third-order valence-corrected chi connectivity index (χ3v) is 4.35. The lowest BCUT2D eigenvalue weighted by atomic mass is 10.1. The molecule has 0 aliphatic carbocycles. The van der Waals surface area contributed by atoms with Crippen LogP contribution in [0, 0.1) is 6.92 Å². The summed E-state index contributed by atoms with van der Waals surface area (Å²) in [6.07, 6.45) is 1.77. The summed E-state index contributed by atoms with van der Waals surface area (Å²) in [7, 11) is 0. The smallest absolute Gasteiger partial charge is 0.271 e. The van der Waals surface area contributed by atoms with Crippen molar-refractivity contribution >= 4 is 16.8 Å². The van der Waals surface area contributed by atoms with Crippen LogP contribution >= 0.6 is 0 Å². The number of amides is 1. The fourth-order valence-electron chi connectivity index (χ4n) is 3.12. The van der Waals surface area contributed by atoms with E-state index in [1.165, 1.54) is 0 Å². The quantitative estimate of drug-likeness (QED) is 0.763. The van der Waals surface area contributed by atoms with E-state index in [4.69, 9.17) is 4.74 Å². The first kappa shape index (κ1) is 14.0. The standard InChI is InChI=1S/C17H18N4O2/c1-11-9-18-20-16(11)15-10-23-7-6-21(15)17(22)14-8-12-4-2-3-5-13(12)19-14/h2-5,8-9,15,19H,6-7,10H2,1H3,(H,18,20).